The second-order valence-corrected chi connectivity index (χ2v) is 5.43. The molecule has 1 fully saturated rings. The van der Waals surface area contributed by atoms with Crippen LogP contribution in [0, 0.1) is 0 Å². The lowest BCUT2D eigenvalue weighted by Crippen LogP contribution is -2.38. The largest absolute Gasteiger partial charge is 0.376 e. The molecule has 1 amide bonds. The van der Waals surface area contributed by atoms with Gasteiger partial charge in [-0.15, -0.1) is 0 Å². The summed E-state index contributed by atoms with van der Waals surface area (Å²) in [4.78, 5) is 14.5. The first-order chi connectivity index (χ1) is 9.79. The van der Waals surface area contributed by atoms with E-state index in [2.05, 4.69) is 15.5 Å². The number of aromatic nitrogens is 2. The highest BCUT2D eigenvalue weighted by atomic mass is 16.5. The monoisotopic (exact) mass is 278 g/mol. The van der Waals surface area contributed by atoms with Crippen molar-refractivity contribution < 1.29 is 9.53 Å². The molecule has 110 valence electrons. The molecule has 1 saturated heterocycles. The molecule has 1 atom stereocenters. The molecule has 0 bridgehead atoms. The van der Waals surface area contributed by atoms with E-state index in [1.165, 1.54) is 0 Å². The zero-order valence-corrected chi connectivity index (χ0v) is 11.9. The van der Waals surface area contributed by atoms with Gasteiger partial charge in [0.25, 0.3) is 5.91 Å². The van der Waals surface area contributed by atoms with Crippen LogP contribution in [-0.2, 0) is 17.7 Å². The Morgan fingerprint density at radius 3 is 3.20 bits per heavy atom. The lowest BCUT2D eigenvalue weighted by atomic mass is 10.1. The van der Waals surface area contributed by atoms with Gasteiger partial charge < -0.3 is 15.0 Å². The molecular weight excluding hydrogens is 256 g/mol. The van der Waals surface area contributed by atoms with Gasteiger partial charge in [0, 0.05) is 50.5 Å². The summed E-state index contributed by atoms with van der Waals surface area (Å²) in [6, 6.07) is 0. The molecule has 6 heteroatoms. The number of aromatic amines is 1. The summed E-state index contributed by atoms with van der Waals surface area (Å²) < 4.78 is 5.63. The molecule has 0 radical (unpaired) electrons. The zero-order valence-electron chi connectivity index (χ0n) is 11.9. The van der Waals surface area contributed by atoms with Gasteiger partial charge in [-0.3, -0.25) is 9.89 Å². The van der Waals surface area contributed by atoms with E-state index in [-0.39, 0.29) is 12.0 Å². The molecule has 0 spiro atoms. The van der Waals surface area contributed by atoms with Crippen molar-refractivity contribution in [3.63, 3.8) is 0 Å². The Hall–Kier alpha value is -1.40. The van der Waals surface area contributed by atoms with E-state index in [0.29, 0.717) is 18.8 Å². The number of ether oxygens (including phenoxy) is 1. The average molecular weight is 278 g/mol. The maximum Gasteiger partial charge on any atom is 0.274 e. The second kappa shape index (κ2) is 5.93. The molecular formula is C14H22N4O2. The summed E-state index contributed by atoms with van der Waals surface area (Å²) in [5.41, 5.74) is 2.71. The summed E-state index contributed by atoms with van der Waals surface area (Å²) in [7, 11) is 0. The fourth-order valence-corrected chi connectivity index (χ4v) is 2.94. The highest BCUT2D eigenvalue weighted by Crippen LogP contribution is 2.19. The fourth-order valence-electron chi connectivity index (χ4n) is 2.94. The van der Waals surface area contributed by atoms with Gasteiger partial charge in [0.15, 0.2) is 5.69 Å². The van der Waals surface area contributed by atoms with Crippen LogP contribution in [0.3, 0.4) is 0 Å². The highest BCUT2D eigenvalue weighted by Gasteiger charge is 2.27. The zero-order chi connectivity index (χ0) is 13.9. The van der Waals surface area contributed by atoms with Gasteiger partial charge in [0.05, 0.1) is 6.10 Å². The van der Waals surface area contributed by atoms with Crippen LogP contribution < -0.4 is 5.32 Å². The van der Waals surface area contributed by atoms with Gasteiger partial charge in [-0.1, -0.05) is 0 Å². The number of fused-ring (bicyclic) bond motifs is 1. The molecule has 0 aliphatic carbocycles. The van der Waals surface area contributed by atoms with Crippen LogP contribution in [0.25, 0.3) is 0 Å². The lowest BCUT2D eigenvalue weighted by molar-refractivity contribution is 0.0534. The maximum atomic E-state index is 12.7. The van der Waals surface area contributed by atoms with Gasteiger partial charge in [-0.25, -0.2) is 0 Å². The van der Waals surface area contributed by atoms with Crippen LogP contribution in [0.2, 0.25) is 0 Å². The van der Waals surface area contributed by atoms with E-state index in [0.717, 1.165) is 50.2 Å². The van der Waals surface area contributed by atoms with Gasteiger partial charge in [0.2, 0.25) is 0 Å². The van der Waals surface area contributed by atoms with E-state index in [4.69, 9.17) is 4.74 Å². The topological polar surface area (TPSA) is 70.2 Å². The van der Waals surface area contributed by atoms with Crippen molar-refractivity contribution in [2.75, 3.05) is 26.2 Å². The van der Waals surface area contributed by atoms with E-state index < -0.39 is 0 Å². The molecule has 2 aliphatic heterocycles. The maximum absolute atomic E-state index is 12.7. The van der Waals surface area contributed by atoms with Gasteiger partial charge in [0.1, 0.15) is 0 Å². The van der Waals surface area contributed by atoms with Crippen LogP contribution in [0.4, 0.5) is 0 Å². The lowest BCUT2D eigenvalue weighted by Gasteiger charge is -2.24. The molecule has 3 heterocycles. The smallest absolute Gasteiger partial charge is 0.274 e. The molecule has 3 rings (SSSR count). The molecule has 6 nitrogen and oxygen atoms in total. The van der Waals surface area contributed by atoms with E-state index >= 15 is 0 Å². The number of carbonyl (C=O) groups is 1. The van der Waals surface area contributed by atoms with Crippen molar-refractivity contribution in [3.8, 4) is 0 Å². The standard InChI is InChI=1S/C14H22N4O2/c1-2-18(9-10-4-3-7-20-10)14(19)13-11-8-15-6-5-12(11)16-17-13/h10,15H,2-9H2,1H3,(H,16,17). The summed E-state index contributed by atoms with van der Waals surface area (Å²) in [5.74, 6) is 0.0178. The van der Waals surface area contributed by atoms with Crippen molar-refractivity contribution in [1.82, 2.24) is 20.4 Å². The number of nitrogens with one attached hydrogen (secondary N) is 2. The predicted molar refractivity (Wildman–Crippen MR) is 74.5 cm³/mol. The number of nitrogens with zero attached hydrogens (tertiary/aromatic N) is 2. The van der Waals surface area contributed by atoms with Crippen molar-refractivity contribution in [3.05, 3.63) is 17.0 Å². The van der Waals surface area contributed by atoms with Crippen LogP contribution in [-0.4, -0.2) is 53.3 Å². The molecule has 0 saturated carbocycles. The first-order valence-electron chi connectivity index (χ1n) is 7.47. The molecule has 2 aliphatic rings. The SMILES string of the molecule is CCN(CC1CCCO1)C(=O)c1n[nH]c2c1CNCC2. The number of rotatable bonds is 4. The quantitative estimate of drug-likeness (QED) is 0.850. The Kier molecular flexibility index (Phi) is 4.03. The van der Waals surface area contributed by atoms with Crippen molar-refractivity contribution in [1.29, 1.82) is 0 Å². The molecule has 0 aromatic carbocycles. The Morgan fingerprint density at radius 1 is 1.55 bits per heavy atom. The summed E-state index contributed by atoms with van der Waals surface area (Å²) in [5, 5.41) is 10.6. The minimum Gasteiger partial charge on any atom is -0.376 e. The third kappa shape index (κ3) is 2.58. The predicted octanol–water partition coefficient (Wildman–Crippen LogP) is 0.696. The Labute approximate surface area is 118 Å². The molecule has 2 N–H and O–H groups in total. The Bertz CT molecular complexity index is 480. The van der Waals surface area contributed by atoms with E-state index in [1.54, 1.807) is 0 Å². The van der Waals surface area contributed by atoms with E-state index in [1.807, 2.05) is 11.8 Å². The summed E-state index contributed by atoms with van der Waals surface area (Å²) in [6.45, 7) is 5.85. The minimum atomic E-state index is 0.0178. The fraction of sp³-hybridized carbons (Fsp3) is 0.714. The van der Waals surface area contributed by atoms with Crippen LogP contribution >= 0.6 is 0 Å². The number of hydrogen-bond acceptors (Lipinski definition) is 4. The minimum absolute atomic E-state index is 0.0178. The molecule has 1 aromatic rings. The first kappa shape index (κ1) is 13.6. The number of H-pyrrole nitrogens is 1. The Balaban J connectivity index is 1.74. The summed E-state index contributed by atoms with van der Waals surface area (Å²) in [6.07, 6.45) is 3.24. The van der Waals surface area contributed by atoms with Crippen molar-refractivity contribution in [2.24, 2.45) is 0 Å². The number of hydrogen-bond donors (Lipinski definition) is 2. The number of likely N-dealkylation sites (N-methyl/N-ethyl adjacent to an activating group) is 1. The van der Waals surface area contributed by atoms with E-state index in [9.17, 15) is 4.79 Å². The number of carbonyl (C=O) groups excluding carboxylic acids is 1. The molecule has 20 heavy (non-hydrogen) atoms. The third-order valence-electron chi connectivity index (χ3n) is 4.13. The second-order valence-electron chi connectivity index (χ2n) is 5.43. The number of amides is 1. The van der Waals surface area contributed by atoms with Gasteiger partial charge in [-0.2, -0.15) is 5.10 Å². The van der Waals surface area contributed by atoms with Crippen LogP contribution in [0.5, 0.6) is 0 Å². The highest BCUT2D eigenvalue weighted by molar-refractivity contribution is 5.94. The van der Waals surface area contributed by atoms with Gasteiger partial charge >= 0.3 is 0 Å². The molecule has 1 aromatic heterocycles. The van der Waals surface area contributed by atoms with Crippen LogP contribution in [0.15, 0.2) is 0 Å². The third-order valence-corrected chi connectivity index (χ3v) is 4.13. The molecule has 1 unspecified atom stereocenters. The normalized spacial score (nSPS) is 21.8. The Morgan fingerprint density at radius 2 is 2.45 bits per heavy atom. The summed E-state index contributed by atoms with van der Waals surface area (Å²) >= 11 is 0. The first-order valence-corrected chi connectivity index (χ1v) is 7.47. The average Bonchev–Trinajstić information content (AvgIpc) is 3.13. The van der Waals surface area contributed by atoms with Crippen molar-refractivity contribution >= 4 is 5.91 Å². The van der Waals surface area contributed by atoms with Crippen molar-refractivity contribution in [2.45, 2.75) is 38.8 Å². The van der Waals surface area contributed by atoms with Crippen LogP contribution in [0.1, 0.15) is 41.5 Å². The van der Waals surface area contributed by atoms with Gasteiger partial charge in [-0.05, 0) is 19.8 Å².